The van der Waals surface area contributed by atoms with E-state index in [9.17, 15) is 4.79 Å². The monoisotopic (exact) mass is 280 g/mol. The molecule has 2 rings (SSSR count). The number of halogens is 2. The van der Waals surface area contributed by atoms with Crippen LogP contribution in [0, 0.1) is 6.92 Å². The van der Waals surface area contributed by atoms with E-state index in [1.54, 1.807) is 30.3 Å². The zero-order valence-electron chi connectivity index (χ0n) is 9.61. The number of hydrogen-bond acceptors (Lipinski definition) is 2. The van der Waals surface area contributed by atoms with Crippen LogP contribution in [0.3, 0.4) is 0 Å². The van der Waals surface area contributed by atoms with Gasteiger partial charge in [-0.15, -0.1) is 0 Å². The van der Waals surface area contributed by atoms with E-state index < -0.39 is 0 Å². The van der Waals surface area contributed by atoms with Gasteiger partial charge >= 0.3 is 0 Å². The number of aldehydes is 1. The number of hydrogen-bond donors (Lipinski definition) is 0. The molecule has 0 atom stereocenters. The van der Waals surface area contributed by atoms with Crippen molar-refractivity contribution in [2.75, 3.05) is 0 Å². The highest BCUT2D eigenvalue weighted by atomic mass is 35.5. The highest BCUT2D eigenvalue weighted by Crippen LogP contribution is 2.32. The van der Waals surface area contributed by atoms with E-state index in [1.807, 2.05) is 13.0 Å². The van der Waals surface area contributed by atoms with Gasteiger partial charge in [0.05, 0.1) is 10.6 Å². The summed E-state index contributed by atoms with van der Waals surface area (Å²) in [6, 6.07) is 10.3. The van der Waals surface area contributed by atoms with Crippen molar-refractivity contribution < 1.29 is 9.53 Å². The highest BCUT2D eigenvalue weighted by molar-refractivity contribution is 6.32. The van der Waals surface area contributed by atoms with Crippen LogP contribution in [0.25, 0.3) is 0 Å². The van der Waals surface area contributed by atoms with Crippen molar-refractivity contribution >= 4 is 29.5 Å². The average Bonchev–Trinajstić information content (AvgIpc) is 2.34. The second kappa shape index (κ2) is 5.42. The molecule has 0 amide bonds. The molecule has 0 aliphatic rings. The van der Waals surface area contributed by atoms with Gasteiger partial charge in [-0.25, -0.2) is 0 Å². The molecule has 0 heterocycles. The molecule has 0 aliphatic carbocycles. The number of aryl methyl sites for hydroxylation is 1. The molecule has 2 aromatic carbocycles. The topological polar surface area (TPSA) is 26.3 Å². The van der Waals surface area contributed by atoms with Crippen LogP contribution >= 0.6 is 23.2 Å². The molecular formula is C14H10Cl2O2. The molecule has 0 radical (unpaired) electrons. The summed E-state index contributed by atoms with van der Waals surface area (Å²) in [4.78, 5) is 10.9. The van der Waals surface area contributed by atoms with Crippen molar-refractivity contribution in [2.45, 2.75) is 6.92 Å². The summed E-state index contributed by atoms with van der Waals surface area (Å²) in [5, 5.41) is 0.983. The van der Waals surface area contributed by atoms with Crippen LogP contribution in [0.2, 0.25) is 10.0 Å². The van der Waals surface area contributed by atoms with Crippen molar-refractivity contribution in [2.24, 2.45) is 0 Å². The van der Waals surface area contributed by atoms with Crippen LogP contribution in [-0.2, 0) is 0 Å². The number of ether oxygens (including phenoxy) is 1. The summed E-state index contributed by atoms with van der Waals surface area (Å²) in [7, 11) is 0. The fourth-order valence-corrected chi connectivity index (χ4v) is 1.82. The Kier molecular flexibility index (Phi) is 3.90. The van der Waals surface area contributed by atoms with Gasteiger partial charge in [-0.1, -0.05) is 29.3 Å². The molecule has 18 heavy (non-hydrogen) atoms. The van der Waals surface area contributed by atoms with Crippen LogP contribution in [0.15, 0.2) is 36.4 Å². The molecule has 0 unspecified atom stereocenters. The Morgan fingerprint density at radius 3 is 2.56 bits per heavy atom. The quantitative estimate of drug-likeness (QED) is 0.747. The third-order valence-electron chi connectivity index (χ3n) is 2.41. The summed E-state index contributed by atoms with van der Waals surface area (Å²) in [5.41, 5.74) is 1.45. The molecule has 0 spiro atoms. The Morgan fingerprint density at radius 2 is 1.83 bits per heavy atom. The minimum absolute atomic E-state index is 0.394. The van der Waals surface area contributed by atoms with Crippen molar-refractivity contribution in [1.29, 1.82) is 0 Å². The van der Waals surface area contributed by atoms with Gasteiger partial charge in [0.15, 0.2) is 6.29 Å². The summed E-state index contributed by atoms with van der Waals surface area (Å²) >= 11 is 11.9. The average molecular weight is 281 g/mol. The van der Waals surface area contributed by atoms with E-state index in [2.05, 4.69) is 0 Å². The second-order valence-electron chi connectivity index (χ2n) is 3.84. The molecule has 0 fully saturated rings. The third-order valence-corrected chi connectivity index (χ3v) is 2.96. The molecule has 0 N–H and O–H groups in total. The standard InChI is InChI=1S/C14H10Cl2O2/c1-9-2-5-12(16)14(6-9)18-13-7-11(15)4-3-10(13)8-17/h2-8H,1H3. The van der Waals surface area contributed by atoms with E-state index in [1.165, 1.54) is 0 Å². The normalized spacial score (nSPS) is 10.2. The molecular weight excluding hydrogens is 271 g/mol. The number of benzene rings is 2. The zero-order valence-corrected chi connectivity index (χ0v) is 11.1. The molecule has 2 nitrogen and oxygen atoms in total. The van der Waals surface area contributed by atoms with Crippen LogP contribution in [0.5, 0.6) is 11.5 Å². The molecule has 0 saturated heterocycles. The van der Waals surface area contributed by atoms with Crippen molar-refractivity contribution in [1.82, 2.24) is 0 Å². The predicted molar refractivity (Wildman–Crippen MR) is 73.1 cm³/mol. The van der Waals surface area contributed by atoms with Crippen molar-refractivity contribution in [3.8, 4) is 11.5 Å². The lowest BCUT2D eigenvalue weighted by molar-refractivity contribution is 0.112. The molecule has 0 aliphatic heterocycles. The zero-order chi connectivity index (χ0) is 13.1. The maximum absolute atomic E-state index is 10.9. The predicted octanol–water partition coefficient (Wildman–Crippen LogP) is 4.91. The lowest BCUT2D eigenvalue weighted by Gasteiger charge is -2.10. The van der Waals surface area contributed by atoms with Crippen LogP contribution < -0.4 is 4.74 Å². The summed E-state index contributed by atoms with van der Waals surface area (Å²) in [6.07, 6.45) is 0.718. The Hall–Kier alpha value is -1.51. The molecule has 92 valence electrons. The lowest BCUT2D eigenvalue weighted by atomic mass is 10.2. The lowest BCUT2D eigenvalue weighted by Crippen LogP contribution is -1.91. The van der Waals surface area contributed by atoms with Gasteiger partial charge in [-0.2, -0.15) is 0 Å². The number of carbonyl (C=O) groups excluding carboxylic acids is 1. The minimum atomic E-state index is 0.394. The Morgan fingerprint density at radius 1 is 1.06 bits per heavy atom. The number of carbonyl (C=O) groups is 1. The first-order chi connectivity index (χ1) is 8.60. The first kappa shape index (κ1) is 12.9. The van der Waals surface area contributed by atoms with E-state index >= 15 is 0 Å². The first-order valence-electron chi connectivity index (χ1n) is 5.29. The Labute approximate surface area is 115 Å². The summed E-state index contributed by atoms with van der Waals surface area (Å²) < 4.78 is 5.65. The molecule has 0 aromatic heterocycles. The maximum Gasteiger partial charge on any atom is 0.153 e. The summed E-state index contributed by atoms with van der Waals surface area (Å²) in [6.45, 7) is 1.93. The SMILES string of the molecule is Cc1ccc(Cl)c(Oc2cc(Cl)ccc2C=O)c1. The second-order valence-corrected chi connectivity index (χ2v) is 4.68. The smallest absolute Gasteiger partial charge is 0.153 e. The Bertz CT molecular complexity index is 594. The van der Waals surface area contributed by atoms with Gasteiger partial charge in [0.2, 0.25) is 0 Å². The Balaban J connectivity index is 2.41. The van der Waals surface area contributed by atoms with Crippen molar-refractivity contribution in [3.63, 3.8) is 0 Å². The minimum Gasteiger partial charge on any atom is -0.455 e. The third kappa shape index (κ3) is 2.84. The van der Waals surface area contributed by atoms with Crippen LogP contribution in [0.4, 0.5) is 0 Å². The molecule has 0 saturated carbocycles. The van der Waals surface area contributed by atoms with Gasteiger partial charge < -0.3 is 4.74 Å². The van der Waals surface area contributed by atoms with Crippen molar-refractivity contribution in [3.05, 3.63) is 57.6 Å². The first-order valence-corrected chi connectivity index (χ1v) is 6.04. The van der Waals surface area contributed by atoms with Gasteiger partial charge in [-0.3, -0.25) is 4.79 Å². The highest BCUT2D eigenvalue weighted by Gasteiger charge is 2.08. The summed E-state index contributed by atoms with van der Waals surface area (Å²) in [5.74, 6) is 0.895. The van der Waals surface area contributed by atoms with Gasteiger partial charge in [0.1, 0.15) is 11.5 Å². The maximum atomic E-state index is 10.9. The number of rotatable bonds is 3. The van der Waals surface area contributed by atoms with E-state index in [4.69, 9.17) is 27.9 Å². The van der Waals surface area contributed by atoms with Gasteiger partial charge in [-0.05, 0) is 36.8 Å². The fraction of sp³-hybridized carbons (Fsp3) is 0.0714. The molecule has 0 bridgehead atoms. The van der Waals surface area contributed by atoms with Gasteiger partial charge in [0, 0.05) is 11.1 Å². The van der Waals surface area contributed by atoms with E-state index in [0.717, 1.165) is 11.8 Å². The van der Waals surface area contributed by atoms with Gasteiger partial charge in [0.25, 0.3) is 0 Å². The fourth-order valence-electron chi connectivity index (χ4n) is 1.50. The largest absolute Gasteiger partial charge is 0.455 e. The molecule has 2 aromatic rings. The van der Waals surface area contributed by atoms with E-state index in [0.29, 0.717) is 27.1 Å². The van der Waals surface area contributed by atoms with E-state index in [-0.39, 0.29) is 0 Å². The van der Waals surface area contributed by atoms with Crippen LogP contribution in [-0.4, -0.2) is 6.29 Å². The molecule has 4 heteroatoms. The van der Waals surface area contributed by atoms with Crippen LogP contribution in [0.1, 0.15) is 15.9 Å².